The second kappa shape index (κ2) is 10.9. The molecule has 2 aromatic carbocycles. The van der Waals surface area contributed by atoms with Crippen LogP contribution in [0, 0.1) is 13.8 Å². The summed E-state index contributed by atoms with van der Waals surface area (Å²) in [4.78, 5) is 27.1. The Hall–Kier alpha value is -2.73. The van der Waals surface area contributed by atoms with Gasteiger partial charge in [-0.05, 0) is 61.2 Å². The van der Waals surface area contributed by atoms with E-state index in [1.807, 2.05) is 45.0 Å². The van der Waals surface area contributed by atoms with Crippen LogP contribution in [-0.4, -0.2) is 43.5 Å². The number of amides is 2. The number of aryl methyl sites for hydroxylation is 2. The molecule has 0 aromatic heterocycles. The zero-order valence-corrected chi connectivity index (χ0v) is 18.9. The lowest BCUT2D eigenvalue weighted by Crippen LogP contribution is -2.49. The van der Waals surface area contributed by atoms with Gasteiger partial charge in [-0.1, -0.05) is 30.7 Å². The molecule has 0 heterocycles. The van der Waals surface area contributed by atoms with E-state index in [0.717, 1.165) is 16.7 Å². The summed E-state index contributed by atoms with van der Waals surface area (Å²) in [6, 6.07) is 10.4. The third kappa shape index (κ3) is 5.89. The van der Waals surface area contributed by atoms with Gasteiger partial charge in [0.25, 0.3) is 5.91 Å². The van der Waals surface area contributed by atoms with Crippen molar-refractivity contribution in [2.75, 3.05) is 20.8 Å². The van der Waals surface area contributed by atoms with Gasteiger partial charge >= 0.3 is 0 Å². The Morgan fingerprint density at radius 2 is 1.80 bits per heavy atom. The summed E-state index contributed by atoms with van der Waals surface area (Å²) >= 11 is 6.20. The number of halogens is 1. The molecule has 6 nitrogen and oxygen atoms in total. The SMILES string of the molecule is CC[C@@H](C(=O)NC)N(Cc1cccc(OC)c1)C(=O)COc1cc(C)c(Cl)c(C)c1. The van der Waals surface area contributed by atoms with E-state index in [2.05, 4.69) is 5.32 Å². The fourth-order valence-corrected chi connectivity index (χ4v) is 3.38. The number of nitrogens with zero attached hydrogens (tertiary/aromatic N) is 1. The number of nitrogens with one attached hydrogen (secondary N) is 1. The second-order valence-electron chi connectivity index (χ2n) is 7.07. The monoisotopic (exact) mass is 432 g/mol. The average Bonchev–Trinajstić information content (AvgIpc) is 2.75. The number of methoxy groups -OCH3 is 1. The normalized spacial score (nSPS) is 11.5. The predicted molar refractivity (Wildman–Crippen MR) is 118 cm³/mol. The molecule has 2 amide bonds. The molecule has 0 unspecified atom stereocenters. The molecule has 0 spiro atoms. The third-order valence-corrected chi connectivity index (χ3v) is 5.49. The lowest BCUT2D eigenvalue weighted by atomic mass is 10.1. The number of hydrogen-bond acceptors (Lipinski definition) is 4. The Balaban J connectivity index is 2.23. The molecular weight excluding hydrogens is 404 g/mol. The number of hydrogen-bond donors (Lipinski definition) is 1. The molecular formula is C23H29ClN2O4. The summed E-state index contributed by atoms with van der Waals surface area (Å²) in [5.41, 5.74) is 2.62. The van der Waals surface area contributed by atoms with E-state index in [9.17, 15) is 9.59 Å². The fourth-order valence-electron chi connectivity index (χ4n) is 3.27. The highest BCUT2D eigenvalue weighted by molar-refractivity contribution is 6.32. The van der Waals surface area contributed by atoms with Crippen molar-refractivity contribution >= 4 is 23.4 Å². The first kappa shape index (κ1) is 23.5. The largest absolute Gasteiger partial charge is 0.497 e. The quantitative estimate of drug-likeness (QED) is 0.652. The van der Waals surface area contributed by atoms with Crippen molar-refractivity contribution in [3.63, 3.8) is 0 Å². The Labute approximate surface area is 183 Å². The smallest absolute Gasteiger partial charge is 0.261 e. The maximum absolute atomic E-state index is 13.1. The fraction of sp³-hybridized carbons (Fsp3) is 0.391. The zero-order chi connectivity index (χ0) is 22.3. The van der Waals surface area contributed by atoms with Crippen LogP contribution in [0.4, 0.5) is 0 Å². The van der Waals surface area contributed by atoms with Crippen molar-refractivity contribution in [2.45, 2.75) is 39.8 Å². The van der Waals surface area contributed by atoms with Gasteiger partial charge in [0.05, 0.1) is 7.11 Å². The number of carbonyl (C=O) groups is 2. The second-order valence-corrected chi connectivity index (χ2v) is 7.45. The Kier molecular flexibility index (Phi) is 8.54. The number of likely N-dealkylation sites (N-methyl/N-ethyl adjacent to an activating group) is 1. The van der Waals surface area contributed by atoms with E-state index in [1.165, 1.54) is 0 Å². The van der Waals surface area contributed by atoms with Crippen LogP contribution in [0.3, 0.4) is 0 Å². The van der Waals surface area contributed by atoms with Crippen LogP contribution in [0.5, 0.6) is 11.5 Å². The highest BCUT2D eigenvalue weighted by atomic mass is 35.5. The molecule has 162 valence electrons. The summed E-state index contributed by atoms with van der Waals surface area (Å²) in [5.74, 6) is 0.763. The minimum Gasteiger partial charge on any atom is -0.497 e. The Morgan fingerprint density at radius 1 is 1.13 bits per heavy atom. The Bertz CT molecular complexity index is 878. The first-order valence-electron chi connectivity index (χ1n) is 9.84. The van der Waals surface area contributed by atoms with E-state index < -0.39 is 6.04 Å². The van der Waals surface area contributed by atoms with Crippen LogP contribution in [0.15, 0.2) is 36.4 Å². The molecule has 1 atom stereocenters. The Morgan fingerprint density at radius 3 is 2.37 bits per heavy atom. The van der Waals surface area contributed by atoms with Gasteiger partial charge in [0, 0.05) is 18.6 Å². The summed E-state index contributed by atoms with van der Waals surface area (Å²) in [7, 11) is 3.15. The molecule has 0 aliphatic heterocycles. The molecule has 2 aromatic rings. The maximum Gasteiger partial charge on any atom is 0.261 e. The van der Waals surface area contributed by atoms with Crippen LogP contribution < -0.4 is 14.8 Å². The van der Waals surface area contributed by atoms with E-state index in [-0.39, 0.29) is 25.0 Å². The average molecular weight is 433 g/mol. The zero-order valence-electron chi connectivity index (χ0n) is 18.1. The molecule has 1 N–H and O–H groups in total. The van der Waals surface area contributed by atoms with Crippen molar-refractivity contribution in [3.05, 3.63) is 58.1 Å². The molecule has 0 saturated heterocycles. The molecule has 0 bridgehead atoms. The van der Waals surface area contributed by atoms with Crippen LogP contribution in [0.25, 0.3) is 0 Å². The van der Waals surface area contributed by atoms with E-state index in [1.54, 1.807) is 31.2 Å². The van der Waals surface area contributed by atoms with Crippen LogP contribution in [0.2, 0.25) is 5.02 Å². The van der Waals surface area contributed by atoms with E-state index in [4.69, 9.17) is 21.1 Å². The van der Waals surface area contributed by atoms with Crippen molar-refractivity contribution in [1.29, 1.82) is 0 Å². The molecule has 0 fully saturated rings. The summed E-state index contributed by atoms with van der Waals surface area (Å²) < 4.78 is 11.0. The first-order chi connectivity index (χ1) is 14.3. The molecule has 0 aliphatic carbocycles. The molecule has 2 rings (SSSR count). The van der Waals surface area contributed by atoms with Crippen LogP contribution >= 0.6 is 11.6 Å². The molecule has 0 aliphatic rings. The van der Waals surface area contributed by atoms with E-state index >= 15 is 0 Å². The van der Waals surface area contributed by atoms with Gasteiger partial charge in [-0.25, -0.2) is 0 Å². The highest BCUT2D eigenvalue weighted by Gasteiger charge is 2.28. The number of carbonyl (C=O) groups excluding carboxylic acids is 2. The summed E-state index contributed by atoms with van der Waals surface area (Å²) in [5, 5.41) is 3.32. The minimum atomic E-state index is -0.606. The molecule has 30 heavy (non-hydrogen) atoms. The lowest BCUT2D eigenvalue weighted by molar-refractivity contribution is -0.142. The minimum absolute atomic E-state index is 0.183. The van der Waals surface area contributed by atoms with Crippen molar-refractivity contribution in [2.24, 2.45) is 0 Å². The van der Waals surface area contributed by atoms with Gasteiger partial charge in [0.2, 0.25) is 5.91 Å². The van der Waals surface area contributed by atoms with Gasteiger partial charge in [-0.3, -0.25) is 9.59 Å². The first-order valence-corrected chi connectivity index (χ1v) is 10.2. The molecule has 0 radical (unpaired) electrons. The van der Waals surface area contributed by atoms with Gasteiger partial charge in [-0.15, -0.1) is 0 Å². The van der Waals surface area contributed by atoms with Crippen molar-refractivity contribution in [1.82, 2.24) is 10.2 Å². The van der Waals surface area contributed by atoms with Gasteiger partial charge in [-0.2, -0.15) is 0 Å². The third-order valence-electron chi connectivity index (χ3n) is 4.89. The van der Waals surface area contributed by atoms with Crippen molar-refractivity contribution in [3.8, 4) is 11.5 Å². The van der Waals surface area contributed by atoms with Gasteiger partial charge < -0.3 is 19.7 Å². The topological polar surface area (TPSA) is 67.9 Å². The van der Waals surface area contributed by atoms with Gasteiger partial charge in [0.15, 0.2) is 6.61 Å². The van der Waals surface area contributed by atoms with E-state index in [0.29, 0.717) is 22.9 Å². The van der Waals surface area contributed by atoms with Crippen LogP contribution in [0.1, 0.15) is 30.0 Å². The maximum atomic E-state index is 13.1. The number of rotatable bonds is 9. The summed E-state index contributed by atoms with van der Waals surface area (Å²) in [6.45, 7) is 5.73. The lowest BCUT2D eigenvalue weighted by Gasteiger charge is -2.30. The standard InChI is InChI=1S/C23H29ClN2O4/c1-6-20(23(28)25-4)26(13-17-8-7-9-18(12-17)29-5)21(27)14-30-19-10-15(2)22(24)16(3)11-19/h7-12,20H,6,13-14H2,1-5H3,(H,25,28)/t20-/m0/s1. The van der Waals surface area contributed by atoms with Crippen molar-refractivity contribution < 1.29 is 19.1 Å². The highest BCUT2D eigenvalue weighted by Crippen LogP contribution is 2.26. The van der Waals surface area contributed by atoms with Crippen LogP contribution in [-0.2, 0) is 16.1 Å². The predicted octanol–water partition coefficient (Wildman–Crippen LogP) is 3.90. The van der Waals surface area contributed by atoms with Gasteiger partial charge in [0.1, 0.15) is 17.5 Å². The summed E-state index contributed by atoms with van der Waals surface area (Å²) in [6.07, 6.45) is 0.481. The molecule has 7 heteroatoms. The number of benzene rings is 2. The molecule has 0 saturated carbocycles. The number of ether oxygens (including phenoxy) is 2.